The lowest BCUT2D eigenvalue weighted by Gasteiger charge is -2.11. The Balaban J connectivity index is 1.52. The van der Waals surface area contributed by atoms with Crippen molar-refractivity contribution >= 4 is 22.4 Å². The van der Waals surface area contributed by atoms with Crippen molar-refractivity contribution in [2.24, 2.45) is 0 Å². The number of thiazole rings is 1. The first-order chi connectivity index (χ1) is 12.1. The van der Waals surface area contributed by atoms with Crippen molar-refractivity contribution in [3.63, 3.8) is 0 Å². The van der Waals surface area contributed by atoms with E-state index in [-0.39, 0.29) is 5.91 Å². The van der Waals surface area contributed by atoms with Crippen LogP contribution < -0.4 is 5.32 Å². The van der Waals surface area contributed by atoms with Crippen molar-refractivity contribution in [3.8, 4) is 11.3 Å². The van der Waals surface area contributed by atoms with Gasteiger partial charge in [-0.3, -0.25) is 10.1 Å². The van der Waals surface area contributed by atoms with Gasteiger partial charge in [-0.05, 0) is 32.3 Å². The van der Waals surface area contributed by atoms with E-state index in [2.05, 4.69) is 51.9 Å². The molecule has 0 unspecified atom stereocenters. The second-order valence-corrected chi connectivity index (χ2v) is 7.36. The van der Waals surface area contributed by atoms with Crippen LogP contribution in [0.3, 0.4) is 0 Å². The Kier molecular flexibility index (Phi) is 4.13. The number of aryl methyl sites for hydroxylation is 4. The van der Waals surface area contributed by atoms with Crippen molar-refractivity contribution < 1.29 is 4.79 Å². The molecule has 6 heteroatoms. The van der Waals surface area contributed by atoms with Crippen molar-refractivity contribution in [1.29, 1.82) is 0 Å². The van der Waals surface area contributed by atoms with Crippen LogP contribution in [0.25, 0.3) is 11.3 Å². The summed E-state index contributed by atoms with van der Waals surface area (Å²) in [6, 6.07) is 6.30. The van der Waals surface area contributed by atoms with Crippen molar-refractivity contribution in [1.82, 2.24) is 14.5 Å². The standard InChI is InChI=1S/C19H20N4OS/c1-12-6-7-14(13(2)9-12)16-11-25-19(21-16)22-18(24)15-10-23-8-4-3-5-17(23)20-15/h6-7,9-11H,3-5,8H2,1-2H3,(H,21,22,24). The number of amides is 1. The zero-order chi connectivity index (χ0) is 17.4. The summed E-state index contributed by atoms with van der Waals surface area (Å²) in [5.41, 5.74) is 4.88. The fourth-order valence-electron chi connectivity index (χ4n) is 3.24. The molecule has 1 amide bonds. The van der Waals surface area contributed by atoms with Crippen LogP contribution in [0.5, 0.6) is 0 Å². The van der Waals surface area contributed by atoms with Crippen LogP contribution in [0.1, 0.15) is 40.3 Å². The average molecular weight is 352 g/mol. The normalized spacial score (nSPS) is 13.5. The Morgan fingerprint density at radius 2 is 2.12 bits per heavy atom. The number of rotatable bonds is 3. The molecule has 0 radical (unpaired) electrons. The number of nitrogens with zero attached hydrogens (tertiary/aromatic N) is 3. The van der Waals surface area contributed by atoms with Gasteiger partial charge >= 0.3 is 0 Å². The van der Waals surface area contributed by atoms with Gasteiger partial charge < -0.3 is 4.57 Å². The van der Waals surface area contributed by atoms with E-state index >= 15 is 0 Å². The average Bonchev–Trinajstić information content (AvgIpc) is 3.21. The molecule has 25 heavy (non-hydrogen) atoms. The summed E-state index contributed by atoms with van der Waals surface area (Å²) in [6.07, 6.45) is 5.09. The maximum absolute atomic E-state index is 12.5. The smallest absolute Gasteiger partial charge is 0.277 e. The first kappa shape index (κ1) is 16.0. The molecule has 1 aliphatic heterocycles. The number of fused-ring (bicyclic) bond motifs is 1. The van der Waals surface area contributed by atoms with E-state index in [9.17, 15) is 4.79 Å². The molecule has 0 atom stereocenters. The highest BCUT2D eigenvalue weighted by molar-refractivity contribution is 7.14. The van der Waals surface area contributed by atoms with Crippen molar-refractivity contribution in [2.75, 3.05) is 5.32 Å². The van der Waals surface area contributed by atoms with Crippen LogP contribution in [0, 0.1) is 13.8 Å². The predicted molar refractivity (Wildman–Crippen MR) is 100 cm³/mol. The molecule has 0 saturated carbocycles. The maximum atomic E-state index is 12.5. The van der Waals surface area contributed by atoms with Gasteiger partial charge in [-0.2, -0.15) is 0 Å². The molecule has 4 rings (SSSR count). The van der Waals surface area contributed by atoms with Crippen molar-refractivity contribution in [2.45, 2.75) is 39.7 Å². The van der Waals surface area contributed by atoms with Gasteiger partial charge in [0.2, 0.25) is 0 Å². The molecule has 3 aromatic rings. The fourth-order valence-corrected chi connectivity index (χ4v) is 3.94. The molecule has 0 bridgehead atoms. The number of imidazole rings is 1. The maximum Gasteiger partial charge on any atom is 0.277 e. The molecule has 2 aromatic heterocycles. The van der Waals surface area contributed by atoms with Gasteiger partial charge in [0, 0.05) is 30.1 Å². The van der Waals surface area contributed by atoms with Gasteiger partial charge in [0.1, 0.15) is 11.5 Å². The summed E-state index contributed by atoms with van der Waals surface area (Å²) in [4.78, 5) is 21.5. The lowest BCUT2D eigenvalue weighted by molar-refractivity contribution is 0.102. The molecule has 0 aliphatic carbocycles. The number of hydrogen-bond acceptors (Lipinski definition) is 4. The molecule has 5 nitrogen and oxygen atoms in total. The number of nitrogens with one attached hydrogen (secondary N) is 1. The van der Waals surface area contributed by atoms with Crippen LogP contribution in [0.4, 0.5) is 5.13 Å². The van der Waals surface area contributed by atoms with E-state index in [1.807, 2.05) is 11.6 Å². The van der Waals surface area contributed by atoms with Gasteiger partial charge in [-0.25, -0.2) is 9.97 Å². The SMILES string of the molecule is Cc1ccc(-c2csc(NC(=O)c3cn4c(n3)CCCC4)n2)c(C)c1. The molecule has 1 aliphatic rings. The third kappa shape index (κ3) is 3.22. The second-order valence-electron chi connectivity index (χ2n) is 6.50. The van der Waals surface area contributed by atoms with E-state index in [0.717, 1.165) is 42.9 Å². The highest BCUT2D eigenvalue weighted by Crippen LogP contribution is 2.28. The van der Waals surface area contributed by atoms with Crippen LogP contribution in [0.2, 0.25) is 0 Å². The summed E-state index contributed by atoms with van der Waals surface area (Å²) >= 11 is 1.44. The molecule has 128 valence electrons. The molecular formula is C19H20N4OS. The minimum atomic E-state index is -0.191. The van der Waals surface area contributed by atoms with Crippen LogP contribution in [-0.2, 0) is 13.0 Å². The van der Waals surface area contributed by atoms with Gasteiger partial charge in [0.25, 0.3) is 5.91 Å². The van der Waals surface area contributed by atoms with E-state index in [1.54, 1.807) is 0 Å². The summed E-state index contributed by atoms with van der Waals surface area (Å²) in [6.45, 7) is 5.10. The molecule has 0 spiro atoms. The fraction of sp³-hybridized carbons (Fsp3) is 0.316. The third-order valence-electron chi connectivity index (χ3n) is 4.52. The lowest BCUT2D eigenvalue weighted by Crippen LogP contribution is -2.12. The summed E-state index contributed by atoms with van der Waals surface area (Å²) in [5.74, 6) is 0.815. The Morgan fingerprint density at radius 3 is 2.92 bits per heavy atom. The molecule has 1 aromatic carbocycles. The molecule has 0 saturated heterocycles. The molecule has 0 fully saturated rings. The van der Waals surface area contributed by atoms with Gasteiger partial charge in [-0.1, -0.05) is 23.8 Å². The quantitative estimate of drug-likeness (QED) is 0.768. The topological polar surface area (TPSA) is 59.8 Å². The minimum absolute atomic E-state index is 0.191. The van der Waals surface area contributed by atoms with E-state index in [0.29, 0.717) is 10.8 Å². The second kappa shape index (κ2) is 6.44. The lowest BCUT2D eigenvalue weighted by atomic mass is 10.0. The van der Waals surface area contributed by atoms with E-state index in [4.69, 9.17) is 0 Å². The van der Waals surface area contributed by atoms with E-state index < -0.39 is 0 Å². The first-order valence-electron chi connectivity index (χ1n) is 8.51. The van der Waals surface area contributed by atoms with Gasteiger partial charge in [0.05, 0.1) is 5.69 Å². The third-order valence-corrected chi connectivity index (χ3v) is 5.28. The Hall–Kier alpha value is -2.47. The summed E-state index contributed by atoms with van der Waals surface area (Å²) in [5, 5.41) is 5.46. The highest BCUT2D eigenvalue weighted by atomic mass is 32.1. The number of anilines is 1. The molecule has 1 N–H and O–H groups in total. The number of benzene rings is 1. The summed E-state index contributed by atoms with van der Waals surface area (Å²) in [7, 11) is 0. The predicted octanol–water partition coefficient (Wildman–Crippen LogP) is 4.21. The largest absolute Gasteiger partial charge is 0.334 e. The molecule has 3 heterocycles. The number of carbonyl (C=O) groups excluding carboxylic acids is 1. The Bertz CT molecular complexity index is 917. The monoisotopic (exact) mass is 352 g/mol. The van der Waals surface area contributed by atoms with Crippen molar-refractivity contribution in [3.05, 3.63) is 52.4 Å². The number of aromatic nitrogens is 3. The zero-order valence-electron chi connectivity index (χ0n) is 14.4. The zero-order valence-corrected chi connectivity index (χ0v) is 15.2. The van der Waals surface area contributed by atoms with Crippen LogP contribution in [0.15, 0.2) is 29.8 Å². The number of carbonyl (C=O) groups is 1. The molecular weight excluding hydrogens is 332 g/mol. The first-order valence-corrected chi connectivity index (χ1v) is 9.39. The minimum Gasteiger partial charge on any atom is -0.334 e. The Morgan fingerprint density at radius 1 is 1.24 bits per heavy atom. The van der Waals surface area contributed by atoms with Crippen LogP contribution in [-0.4, -0.2) is 20.4 Å². The Labute approximate surface area is 150 Å². The van der Waals surface area contributed by atoms with E-state index in [1.165, 1.54) is 22.5 Å². The van der Waals surface area contributed by atoms with Gasteiger partial charge in [-0.15, -0.1) is 11.3 Å². The highest BCUT2D eigenvalue weighted by Gasteiger charge is 2.18. The van der Waals surface area contributed by atoms with Crippen LogP contribution >= 0.6 is 11.3 Å². The summed E-state index contributed by atoms with van der Waals surface area (Å²) < 4.78 is 2.08. The number of hydrogen-bond donors (Lipinski definition) is 1. The van der Waals surface area contributed by atoms with Gasteiger partial charge in [0.15, 0.2) is 5.13 Å².